The number of anilines is 1. The maximum absolute atomic E-state index is 12.6. The van der Waals surface area contributed by atoms with E-state index < -0.39 is 10.0 Å². The average molecular weight is 298 g/mol. The lowest BCUT2D eigenvalue weighted by Gasteiger charge is -2.26. The summed E-state index contributed by atoms with van der Waals surface area (Å²) in [6.07, 6.45) is 2.17. The maximum atomic E-state index is 12.6. The lowest BCUT2D eigenvalue weighted by molar-refractivity contribution is 0.391. The van der Waals surface area contributed by atoms with Crippen molar-refractivity contribution in [2.45, 2.75) is 18.0 Å². The fourth-order valence-corrected chi connectivity index (χ4v) is 4.80. The van der Waals surface area contributed by atoms with Gasteiger partial charge < -0.3 is 10.3 Å². The molecule has 2 aromatic heterocycles. The van der Waals surface area contributed by atoms with Crippen molar-refractivity contribution in [3.05, 3.63) is 28.2 Å². The molecule has 102 valence electrons. The summed E-state index contributed by atoms with van der Waals surface area (Å²) in [6, 6.07) is 1.98. The normalized spacial score (nSPS) is 16.5. The summed E-state index contributed by atoms with van der Waals surface area (Å²) >= 11 is 1.68. The molecular weight excluding hydrogens is 284 g/mol. The second kappa shape index (κ2) is 4.32. The van der Waals surface area contributed by atoms with Crippen LogP contribution in [0, 0.1) is 0 Å². The van der Waals surface area contributed by atoms with E-state index in [0.29, 0.717) is 13.1 Å². The van der Waals surface area contributed by atoms with Gasteiger partial charge in [0.15, 0.2) is 10.8 Å². The fraction of sp³-hybridized carbons (Fsp3) is 0.364. The summed E-state index contributed by atoms with van der Waals surface area (Å²) in [5, 5.41) is 2.07. The lowest BCUT2D eigenvalue weighted by atomic mass is 10.1. The van der Waals surface area contributed by atoms with Crippen LogP contribution in [0.5, 0.6) is 0 Å². The van der Waals surface area contributed by atoms with Gasteiger partial charge in [-0.25, -0.2) is 13.4 Å². The number of imidazole rings is 1. The van der Waals surface area contributed by atoms with Crippen molar-refractivity contribution < 1.29 is 8.42 Å². The zero-order valence-corrected chi connectivity index (χ0v) is 12.0. The van der Waals surface area contributed by atoms with Crippen LogP contribution in [0.1, 0.15) is 10.4 Å². The number of nitrogen functional groups attached to an aromatic ring is 1. The highest BCUT2D eigenvalue weighted by atomic mass is 32.2. The van der Waals surface area contributed by atoms with Crippen molar-refractivity contribution >= 4 is 27.2 Å². The van der Waals surface area contributed by atoms with E-state index in [1.165, 1.54) is 20.1 Å². The molecular formula is C11H14N4O2S2. The first-order valence-corrected chi connectivity index (χ1v) is 8.14. The first kappa shape index (κ1) is 12.6. The van der Waals surface area contributed by atoms with Gasteiger partial charge in [-0.15, -0.1) is 11.3 Å². The molecule has 0 bridgehead atoms. The standard InChI is InChI=1S/C11H14N4O2S2/c1-14-7-13-10(12)11(14)19(16,17)15-4-2-9-8(6-15)3-5-18-9/h3,5,7H,2,4,6,12H2,1H3. The van der Waals surface area contributed by atoms with Crippen molar-refractivity contribution in [3.63, 3.8) is 0 Å². The minimum Gasteiger partial charge on any atom is -0.381 e. The smallest absolute Gasteiger partial charge is 0.262 e. The molecule has 2 N–H and O–H groups in total. The first-order chi connectivity index (χ1) is 9.00. The van der Waals surface area contributed by atoms with Gasteiger partial charge in [0.05, 0.1) is 6.33 Å². The number of rotatable bonds is 2. The second-order valence-electron chi connectivity index (χ2n) is 4.50. The quantitative estimate of drug-likeness (QED) is 0.889. The molecule has 1 aliphatic rings. The fourth-order valence-electron chi connectivity index (χ4n) is 2.30. The minimum atomic E-state index is -3.59. The monoisotopic (exact) mass is 298 g/mol. The van der Waals surface area contributed by atoms with Crippen LogP contribution in [0.15, 0.2) is 22.8 Å². The van der Waals surface area contributed by atoms with E-state index in [4.69, 9.17) is 5.73 Å². The summed E-state index contributed by atoms with van der Waals surface area (Å²) < 4.78 is 28.1. The van der Waals surface area contributed by atoms with Crippen molar-refractivity contribution in [3.8, 4) is 0 Å². The summed E-state index contributed by atoms with van der Waals surface area (Å²) in [6.45, 7) is 0.895. The number of sulfonamides is 1. The van der Waals surface area contributed by atoms with Crippen LogP contribution in [0.3, 0.4) is 0 Å². The van der Waals surface area contributed by atoms with Gasteiger partial charge >= 0.3 is 0 Å². The average Bonchev–Trinajstić information content (AvgIpc) is 2.95. The molecule has 0 fully saturated rings. The van der Waals surface area contributed by atoms with E-state index in [1.807, 2.05) is 11.4 Å². The van der Waals surface area contributed by atoms with Crippen LogP contribution in [0.2, 0.25) is 0 Å². The zero-order valence-electron chi connectivity index (χ0n) is 10.4. The molecule has 1 aliphatic heterocycles. The Kier molecular flexibility index (Phi) is 2.88. The predicted molar refractivity (Wildman–Crippen MR) is 73.2 cm³/mol. The Hall–Kier alpha value is -1.38. The van der Waals surface area contributed by atoms with Crippen LogP contribution in [-0.4, -0.2) is 28.8 Å². The molecule has 6 nitrogen and oxygen atoms in total. The van der Waals surface area contributed by atoms with Gasteiger partial charge in [0, 0.05) is 25.0 Å². The van der Waals surface area contributed by atoms with E-state index in [9.17, 15) is 8.42 Å². The van der Waals surface area contributed by atoms with Gasteiger partial charge in [0.2, 0.25) is 0 Å². The molecule has 19 heavy (non-hydrogen) atoms. The van der Waals surface area contributed by atoms with Gasteiger partial charge in [0.25, 0.3) is 10.0 Å². The number of aryl methyl sites for hydroxylation is 1. The molecule has 0 radical (unpaired) electrons. The Morgan fingerprint density at radius 1 is 1.47 bits per heavy atom. The Morgan fingerprint density at radius 3 is 2.95 bits per heavy atom. The largest absolute Gasteiger partial charge is 0.381 e. The third-order valence-corrected chi connectivity index (χ3v) is 6.27. The van der Waals surface area contributed by atoms with Crippen LogP contribution < -0.4 is 5.73 Å². The van der Waals surface area contributed by atoms with Crippen molar-refractivity contribution in [1.82, 2.24) is 13.9 Å². The summed E-state index contributed by atoms with van der Waals surface area (Å²) in [5.41, 5.74) is 6.76. The van der Waals surface area contributed by atoms with E-state index in [0.717, 1.165) is 12.0 Å². The van der Waals surface area contributed by atoms with E-state index in [-0.39, 0.29) is 10.8 Å². The third kappa shape index (κ3) is 1.96. The van der Waals surface area contributed by atoms with E-state index in [2.05, 4.69) is 4.98 Å². The minimum absolute atomic E-state index is 0.0543. The lowest BCUT2D eigenvalue weighted by Crippen LogP contribution is -2.36. The highest BCUT2D eigenvalue weighted by Gasteiger charge is 2.32. The molecule has 0 saturated heterocycles. The molecule has 3 rings (SSSR count). The van der Waals surface area contributed by atoms with Gasteiger partial charge in [-0.1, -0.05) is 0 Å². The molecule has 0 aliphatic carbocycles. The van der Waals surface area contributed by atoms with E-state index >= 15 is 0 Å². The third-order valence-electron chi connectivity index (χ3n) is 3.27. The summed E-state index contributed by atoms with van der Waals surface area (Å²) in [4.78, 5) is 5.12. The van der Waals surface area contributed by atoms with Crippen molar-refractivity contribution in [2.75, 3.05) is 12.3 Å². The van der Waals surface area contributed by atoms with Gasteiger partial charge in [-0.05, 0) is 23.4 Å². The number of thiophene rings is 1. The molecule has 8 heteroatoms. The first-order valence-electron chi connectivity index (χ1n) is 5.82. The Labute approximate surface area is 115 Å². The van der Waals surface area contributed by atoms with Gasteiger partial charge in [-0.3, -0.25) is 0 Å². The Bertz CT molecular complexity index is 697. The van der Waals surface area contributed by atoms with E-state index in [1.54, 1.807) is 18.4 Å². The van der Waals surface area contributed by atoms with Crippen LogP contribution in [0.4, 0.5) is 5.82 Å². The number of fused-ring (bicyclic) bond motifs is 1. The maximum Gasteiger partial charge on any atom is 0.262 e. The van der Waals surface area contributed by atoms with Gasteiger partial charge in [-0.2, -0.15) is 4.31 Å². The SMILES string of the molecule is Cn1cnc(N)c1S(=O)(=O)N1CCc2sccc2C1. The number of aromatic nitrogens is 2. The molecule has 0 amide bonds. The number of nitrogens with zero attached hydrogens (tertiary/aromatic N) is 3. The molecule has 3 heterocycles. The molecule has 0 atom stereocenters. The van der Waals surface area contributed by atoms with Crippen molar-refractivity contribution in [1.29, 1.82) is 0 Å². The van der Waals surface area contributed by atoms with Crippen LogP contribution >= 0.6 is 11.3 Å². The molecule has 0 aromatic carbocycles. The number of hydrogen-bond donors (Lipinski definition) is 1. The Morgan fingerprint density at radius 2 is 2.26 bits per heavy atom. The zero-order chi connectivity index (χ0) is 13.6. The van der Waals surface area contributed by atoms with Crippen molar-refractivity contribution in [2.24, 2.45) is 7.05 Å². The topological polar surface area (TPSA) is 81.2 Å². The predicted octanol–water partition coefficient (Wildman–Crippen LogP) is 0.811. The van der Waals surface area contributed by atoms with Crippen LogP contribution in [-0.2, 0) is 30.0 Å². The highest BCUT2D eigenvalue weighted by Crippen LogP contribution is 2.29. The molecule has 0 saturated carbocycles. The summed E-state index contributed by atoms with van der Waals surface area (Å²) in [7, 11) is -1.95. The number of hydrogen-bond acceptors (Lipinski definition) is 5. The van der Waals surface area contributed by atoms with Crippen LogP contribution in [0.25, 0.3) is 0 Å². The highest BCUT2D eigenvalue weighted by molar-refractivity contribution is 7.89. The molecule has 2 aromatic rings. The molecule has 0 unspecified atom stereocenters. The second-order valence-corrected chi connectivity index (χ2v) is 7.36. The Balaban J connectivity index is 1.99. The van der Waals surface area contributed by atoms with Gasteiger partial charge in [0.1, 0.15) is 0 Å². The molecule has 0 spiro atoms. The summed E-state index contributed by atoms with van der Waals surface area (Å²) in [5.74, 6) is 0.0543. The number of nitrogens with two attached hydrogens (primary N) is 1.